The standard InChI is InChI=1S/C12H17ClFNO.ClH/c1-3-4-16-12-10(13)6-9(5-8(2)15)7-11(12)14;/h6-8H,3-5,15H2,1-2H3;1H. The zero-order chi connectivity index (χ0) is 12.1. The average Bonchev–Trinajstić information content (AvgIpc) is 2.15. The van der Waals surface area contributed by atoms with Crippen LogP contribution in [0.15, 0.2) is 12.1 Å². The molecule has 1 aromatic carbocycles. The Bertz CT molecular complexity index is 335. The van der Waals surface area contributed by atoms with Crippen LogP contribution in [0.25, 0.3) is 0 Å². The largest absolute Gasteiger partial charge is 0.489 e. The molecule has 0 saturated heterocycles. The average molecular weight is 282 g/mol. The summed E-state index contributed by atoms with van der Waals surface area (Å²) in [6, 6.07) is 3.12. The Morgan fingerprint density at radius 2 is 2.12 bits per heavy atom. The molecule has 0 amide bonds. The van der Waals surface area contributed by atoms with E-state index in [2.05, 4.69) is 0 Å². The van der Waals surface area contributed by atoms with E-state index in [0.29, 0.717) is 18.1 Å². The zero-order valence-electron chi connectivity index (χ0n) is 10.0. The van der Waals surface area contributed by atoms with E-state index in [1.54, 1.807) is 6.07 Å². The van der Waals surface area contributed by atoms with E-state index in [-0.39, 0.29) is 24.2 Å². The number of hydrogen-bond donors (Lipinski definition) is 1. The molecule has 0 aromatic heterocycles. The summed E-state index contributed by atoms with van der Waals surface area (Å²) in [6.07, 6.45) is 1.42. The van der Waals surface area contributed by atoms with Crippen molar-refractivity contribution in [3.8, 4) is 5.75 Å². The van der Waals surface area contributed by atoms with E-state index >= 15 is 0 Å². The fourth-order valence-corrected chi connectivity index (χ4v) is 1.73. The van der Waals surface area contributed by atoms with Crippen LogP contribution in [-0.4, -0.2) is 12.6 Å². The molecule has 0 fully saturated rings. The van der Waals surface area contributed by atoms with Crippen molar-refractivity contribution in [2.75, 3.05) is 6.61 Å². The van der Waals surface area contributed by atoms with Crippen LogP contribution in [0.2, 0.25) is 5.02 Å². The molecule has 2 N–H and O–H groups in total. The fraction of sp³-hybridized carbons (Fsp3) is 0.500. The Balaban J connectivity index is 0.00000256. The molecule has 0 heterocycles. The molecular weight excluding hydrogens is 264 g/mol. The summed E-state index contributed by atoms with van der Waals surface area (Å²) in [6.45, 7) is 4.28. The number of ether oxygens (including phenoxy) is 1. The molecule has 0 radical (unpaired) electrons. The summed E-state index contributed by atoms with van der Waals surface area (Å²) in [5.41, 5.74) is 6.44. The first kappa shape index (κ1) is 16.5. The van der Waals surface area contributed by atoms with Gasteiger partial charge >= 0.3 is 0 Å². The van der Waals surface area contributed by atoms with Gasteiger partial charge in [-0.05, 0) is 37.5 Å². The van der Waals surface area contributed by atoms with Gasteiger partial charge in [-0.3, -0.25) is 0 Å². The van der Waals surface area contributed by atoms with Gasteiger partial charge in [0.2, 0.25) is 0 Å². The number of hydrogen-bond acceptors (Lipinski definition) is 2. The van der Waals surface area contributed by atoms with E-state index in [4.69, 9.17) is 22.1 Å². The fourth-order valence-electron chi connectivity index (χ4n) is 1.44. The van der Waals surface area contributed by atoms with Crippen LogP contribution in [0.3, 0.4) is 0 Å². The van der Waals surface area contributed by atoms with Crippen LogP contribution in [0.5, 0.6) is 5.75 Å². The van der Waals surface area contributed by atoms with Gasteiger partial charge in [0.1, 0.15) is 0 Å². The van der Waals surface area contributed by atoms with Crippen molar-refractivity contribution in [3.63, 3.8) is 0 Å². The number of halogens is 3. The molecule has 0 spiro atoms. The van der Waals surface area contributed by atoms with Gasteiger partial charge in [-0.2, -0.15) is 0 Å². The Kier molecular flexibility index (Phi) is 7.51. The first-order chi connectivity index (χ1) is 7.54. The van der Waals surface area contributed by atoms with Crippen molar-refractivity contribution in [1.29, 1.82) is 0 Å². The predicted molar refractivity (Wildman–Crippen MR) is 71.8 cm³/mol. The van der Waals surface area contributed by atoms with Gasteiger partial charge < -0.3 is 10.5 Å². The third-order valence-corrected chi connectivity index (χ3v) is 2.35. The second-order valence-electron chi connectivity index (χ2n) is 3.92. The molecular formula is C12H18Cl2FNO. The van der Waals surface area contributed by atoms with Gasteiger partial charge in [-0.15, -0.1) is 12.4 Å². The third kappa shape index (κ3) is 5.11. The minimum atomic E-state index is -0.420. The maximum Gasteiger partial charge on any atom is 0.173 e. The second kappa shape index (κ2) is 7.75. The number of benzene rings is 1. The third-order valence-electron chi connectivity index (χ3n) is 2.07. The van der Waals surface area contributed by atoms with Crippen LogP contribution < -0.4 is 10.5 Å². The summed E-state index contributed by atoms with van der Waals surface area (Å²) >= 11 is 5.95. The van der Waals surface area contributed by atoms with E-state index < -0.39 is 5.82 Å². The lowest BCUT2D eigenvalue weighted by atomic mass is 10.1. The summed E-state index contributed by atoms with van der Waals surface area (Å²) in [4.78, 5) is 0. The molecule has 0 saturated carbocycles. The molecule has 1 aromatic rings. The van der Waals surface area contributed by atoms with Crippen molar-refractivity contribution in [3.05, 3.63) is 28.5 Å². The van der Waals surface area contributed by atoms with Crippen molar-refractivity contribution in [2.45, 2.75) is 32.7 Å². The minimum absolute atomic E-state index is 0. The zero-order valence-corrected chi connectivity index (χ0v) is 11.6. The molecule has 1 unspecified atom stereocenters. The topological polar surface area (TPSA) is 35.2 Å². The van der Waals surface area contributed by atoms with Crippen molar-refractivity contribution in [1.82, 2.24) is 0 Å². The second-order valence-corrected chi connectivity index (χ2v) is 4.33. The van der Waals surface area contributed by atoms with E-state index in [1.807, 2.05) is 13.8 Å². The first-order valence-electron chi connectivity index (χ1n) is 5.41. The first-order valence-corrected chi connectivity index (χ1v) is 5.78. The van der Waals surface area contributed by atoms with Gasteiger partial charge in [0.05, 0.1) is 11.6 Å². The molecule has 2 nitrogen and oxygen atoms in total. The van der Waals surface area contributed by atoms with Crippen molar-refractivity contribution < 1.29 is 9.13 Å². The van der Waals surface area contributed by atoms with Gasteiger partial charge in [0.15, 0.2) is 11.6 Å². The van der Waals surface area contributed by atoms with Gasteiger partial charge in [0.25, 0.3) is 0 Å². The molecule has 1 atom stereocenters. The van der Waals surface area contributed by atoms with E-state index in [1.165, 1.54) is 6.07 Å². The Morgan fingerprint density at radius 3 is 2.59 bits per heavy atom. The van der Waals surface area contributed by atoms with E-state index in [0.717, 1.165) is 12.0 Å². The number of nitrogens with two attached hydrogens (primary N) is 1. The normalized spacial score (nSPS) is 11.8. The van der Waals surface area contributed by atoms with Crippen LogP contribution >= 0.6 is 24.0 Å². The van der Waals surface area contributed by atoms with E-state index in [9.17, 15) is 4.39 Å². The smallest absolute Gasteiger partial charge is 0.173 e. The van der Waals surface area contributed by atoms with Gasteiger partial charge in [-0.25, -0.2) is 4.39 Å². The number of rotatable bonds is 5. The maximum absolute atomic E-state index is 13.6. The molecule has 1 rings (SSSR count). The molecule has 5 heteroatoms. The molecule has 17 heavy (non-hydrogen) atoms. The van der Waals surface area contributed by atoms with Crippen LogP contribution in [0.4, 0.5) is 4.39 Å². The highest BCUT2D eigenvalue weighted by molar-refractivity contribution is 6.32. The van der Waals surface area contributed by atoms with Crippen LogP contribution in [0.1, 0.15) is 25.8 Å². The quantitative estimate of drug-likeness (QED) is 0.895. The summed E-state index contributed by atoms with van der Waals surface area (Å²) in [5.74, 6) is -0.284. The SMILES string of the molecule is CCCOc1c(F)cc(CC(C)N)cc1Cl.Cl. The highest BCUT2D eigenvalue weighted by atomic mass is 35.5. The van der Waals surface area contributed by atoms with Crippen LogP contribution in [0, 0.1) is 5.82 Å². The lowest BCUT2D eigenvalue weighted by molar-refractivity contribution is 0.301. The Labute approximate surface area is 113 Å². The lowest BCUT2D eigenvalue weighted by Gasteiger charge is -2.11. The Hall–Kier alpha value is -0.510. The van der Waals surface area contributed by atoms with Crippen LogP contribution in [-0.2, 0) is 6.42 Å². The lowest BCUT2D eigenvalue weighted by Crippen LogP contribution is -2.17. The highest BCUT2D eigenvalue weighted by Crippen LogP contribution is 2.29. The minimum Gasteiger partial charge on any atom is -0.489 e. The Morgan fingerprint density at radius 1 is 1.47 bits per heavy atom. The molecule has 0 aliphatic rings. The van der Waals surface area contributed by atoms with Gasteiger partial charge in [-0.1, -0.05) is 18.5 Å². The summed E-state index contributed by atoms with van der Waals surface area (Å²) in [5, 5.41) is 0.309. The predicted octanol–water partition coefficient (Wildman–Crippen LogP) is 3.58. The van der Waals surface area contributed by atoms with Gasteiger partial charge in [0, 0.05) is 6.04 Å². The van der Waals surface area contributed by atoms with Crippen molar-refractivity contribution >= 4 is 24.0 Å². The molecule has 98 valence electrons. The molecule has 0 aliphatic heterocycles. The monoisotopic (exact) mass is 281 g/mol. The molecule has 0 bridgehead atoms. The maximum atomic E-state index is 13.6. The molecule has 0 aliphatic carbocycles. The highest BCUT2D eigenvalue weighted by Gasteiger charge is 2.11. The summed E-state index contributed by atoms with van der Waals surface area (Å²) < 4.78 is 18.9. The summed E-state index contributed by atoms with van der Waals surface area (Å²) in [7, 11) is 0. The van der Waals surface area contributed by atoms with Crippen molar-refractivity contribution in [2.24, 2.45) is 5.73 Å².